The van der Waals surface area contributed by atoms with Crippen LogP contribution >= 0.6 is 7.60 Å². The lowest BCUT2D eigenvalue weighted by molar-refractivity contribution is -0.155. The molecule has 0 saturated carbocycles. The van der Waals surface area contributed by atoms with Gasteiger partial charge < -0.3 is 19.3 Å². The first-order valence-electron chi connectivity index (χ1n) is 6.79. The van der Waals surface area contributed by atoms with Crippen molar-refractivity contribution in [2.75, 3.05) is 14.2 Å². The van der Waals surface area contributed by atoms with Gasteiger partial charge in [-0.05, 0) is 33.6 Å². The molecule has 0 saturated heterocycles. The molecular formula is C13H23N2O6P. The largest absolute Gasteiger partial charge is 0.460 e. The van der Waals surface area contributed by atoms with Crippen LogP contribution in [0.25, 0.3) is 5.53 Å². The van der Waals surface area contributed by atoms with Crippen LogP contribution < -0.4 is 0 Å². The minimum absolute atomic E-state index is 0.0428. The predicted molar refractivity (Wildman–Crippen MR) is 79.6 cm³/mol. The lowest BCUT2D eigenvalue weighted by Crippen LogP contribution is -2.23. The first-order chi connectivity index (χ1) is 10.1. The van der Waals surface area contributed by atoms with Gasteiger partial charge in [0.25, 0.3) is 5.78 Å². The van der Waals surface area contributed by atoms with Gasteiger partial charge in [-0.3, -0.25) is 9.59 Å². The van der Waals surface area contributed by atoms with Gasteiger partial charge in [-0.2, -0.15) is 4.79 Å². The van der Waals surface area contributed by atoms with Gasteiger partial charge in [0.1, 0.15) is 5.60 Å². The Morgan fingerprint density at radius 3 is 2.00 bits per heavy atom. The third kappa shape index (κ3) is 7.09. The second-order valence-electron chi connectivity index (χ2n) is 5.50. The fourth-order valence-corrected chi connectivity index (χ4v) is 2.59. The van der Waals surface area contributed by atoms with Crippen molar-refractivity contribution in [3.8, 4) is 0 Å². The number of esters is 1. The number of carbonyl (C=O) groups excluding carboxylic acids is 2. The van der Waals surface area contributed by atoms with Gasteiger partial charge in [0.15, 0.2) is 0 Å². The second kappa shape index (κ2) is 8.96. The normalized spacial score (nSPS) is 11.7. The molecule has 0 amide bonds. The molecule has 0 radical (unpaired) electrons. The van der Waals surface area contributed by atoms with Crippen LogP contribution in [-0.4, -0.2) is 41.8 Å². The van der Waals surface area contributed by atoms with Gasteiger partial charge >= 0.3 is 19.0 Å². The van der Waals surface area contributed by atoms with Crippen molar-refractivity contribution in [2.24, 2.45) is 0 Å². The summed E-state index contributed by atoms with van der Waals surface area (Å²) in [7, 11) is -1.71. The molecular weight excluding hydrogens is 311 g/mol. The Labute approximate surface area is 130 Å². The topological polar surface area (TPSA) is 115 Å². The minimum atomic E-state index is -3.88. The highest BCUT2D eigenvalue weighted by atomic mass is 31.2. The van der Waals surface area contributed by atoms with E-state index in [0.29, 0.717) is 12.8 Å². The third-order valence-corrected chi connectivity index (χ3v) is 4.36. The van der Waals surface area contributed by atoms with Gasteiger partial charge in [0.2, 0.25) is 0 Å². The molecule has 0 fully saturated rings. The summed E-state index contributed by atoms with van der Waals surface area (Å²) in [5, 5.41) is 0. The molecule has 0 unspecified atom stereocenters. The van der Waals surface area contributed by atoms with Crippen molar-refractivity contribution in [1.29, 1.82) is 0 Å². The maximum Gasteiger partial charge on any atom is 0.446 e. The smallest absolute Gasteiger partial charge is 0.446 e. The lowest BCUT2D eigenvalue weighted by Gasteiger charge is -2.19. The number of hydrogen-bond acceptors (Lipinski definition) is 6. The van der Waals surface area contributed by atoms with Gasteiger partial charge in [-0.25, -0.2) is 4.57 Å². The molecule has 0 N–H and O–H groups in total. The molecule has 0 spiro atoms. The summed E-state index contributed by atoms with van der Waals surface area (Å²) < 4.78 is 26.3. The van der Waals surface area contributed by atoms with Gasteiger partial charge in [0.05, 0.1) is 0 Å². The van der Waals surface area contributed by atoms with Crippen molar-refractivity contribution < 1.29 is 32.7 Å². The number of hydrogen-bond donors (Lipinski definition) is 0. The summed E-state index contributed by atoms with van der Waals surface area (Å²) in [5.41, 5.74) is 7.64. The van der Waals surface area contributed by atoms with Gasteiger partial charge in [0, 0.05) is 27.1 Å². The van der Waals surface area contributed by atoms with E-state index in [0.717, 1.165) is 14.2 Å². The second-order valence-corrected chi connectivity index (χ2v) is 7.65. The van der Waals surface area contributed by atoms with Gasteiger partial charge in [-0.15, -0.1) is 0 Å². The van der Waals surface area contributed by atoms with Crippen LogP contribution in [-0.2, 0) is 27.9 Å². The first-order valence-corrected chi connectivity index (χ1v) is 8.33. The Hall–Kier alpha value is -1.33. The molecule has 0 bridgehead atoms. The highest BCUT2D eigenvalue weighted by Gasteiger charge is 2.43. The minimum Gasteiger partial charge on any atom is -0.460 e. The Morgan fingerprint density at radius 1 is 1.09 bits per heavy atom. The van der Waals surface area contributed by atoms with Crippen LogP contribution in [0.4, 0.5) is 0 Å². The number of Topliss-reactive ketones (excluding diaryl/α,β-unsaturated/α-hetero) is 1. The Kier molecular flexibility index (Phi) is 8.41. The van der Waals surface area contributed by atoms with Crippen molar-refractivity contribution in [3.63, 3.8) is 0 Å². The molecule has 0 aliphatic heterocycles. The molecule has 22 heavy (non-hydrogen) atoms. The van der Waals surface area contributed by atoms with E-state index in [1.54, 1.807) is 20.8 Å². The zero-order chi connectivity index (χ0) is 17.4. The van der Waals surface area contributed by atoms with Crippen molar-refractivity contribution in [3.05, 3.63) is 5.53 Å². The van der Waals surface area contributed by atoms with Crippen molar-refractivity contribution >= 4 is 24.8 Å². The summed E-state index contributed by atoms with van der Waals surface area (Å²) >= 11 is 0. The quantitative estimate of drug-likeness (QED) is 0.160. The molecule has 8 nitrogen and oxygen atoms in total. The molecule has 0 aromatic rings. The van der Waals surface area contributed by atoms with E-state index in [2.05, 4.69) is 13.8 Å². The SMILES string of the molecule is COP(=O)(OC)C(=[N+]=[N-])C(=O)CCCCC(=O)OC(C)(C)C. The van der Waals surface area contributed by atoms with Crippen molar-refractivity contribution in [1.82, 2.24) is 0 Å². The zero-order valence-corrected chi connectivity index (χ0v) is 14.5. The summed E-state index contributed by atoms with van der Waals surface area (Å²) in [4.78, 5) is 26.1. The molecule has 0 heterocycles. The highest BCUT2D eigenvalue weighted by molar-refractivity contribution is 7.74. The Balaban J connectivity index is 4.38. The lowest BCUT2D eigenvalue weighted by atomic mass is 10.1. The number of ether oxygens (including phenoxy) is 1. The highest BCUT2D eigenvalue weighted by Crippen LogP contribution is 2.47. The number of ketones is 1. The van der Waals surface area contributed by atoms with Crippen LogP contribution in [0, 0.1) is 0 Å². The van der Waals surface area contributed by atoms with Crippen LogP contribution in [0.1, 0.15) is 46.5 Å². The maximum absolute atomic E-state index is 12.0. The van der Waals surface area contributed by atoms with E-state index < -0.39 is 24.4 Å². The average Bonchev–Trinajstić information content (AvgIpc) is 2.42. The van der Waals surface area contributed by atoms with Crippen LogP contribution in [0.3, 0.4) is 0 Å². The first kappa shape index (κ1) is 20.7. The summed E-state index contributed by atoms with van der Waals surface area (Å²) in [5.74, 6) is -1.01. The fraction of sp³-hybridized carbons (Fsp3) is 0.769. The van der Waals surface area contributed by atoms with E-state index in [-0.39, 0.29) is 18.8 Å². The van der Waals surface area contributed by atoms with Crippen LogP contribution in [0.2, 0.25) is 0 Å². The molecule has 126 valence electrons. The van der Waals surface area contributed by atoms with E-state index in [9.17, 15) is 14.2 Å². The number of carbonyl (C=O) groups is 2. The number of rotatable bonds is 9. The maximum atomic E-state index is 12.0. The fourth-order valence-electron chi connectivity index (χ4n) is 1.57. The van der Waals surface area contributed by atoms with E-state index >= 15 is 0 Å². The van der Waals surface area contributed by atoms with E-state index in [1.165, 1.54) is 0 Å². The summed E-state index contributed by atoms with van der Waals surface area (Å²) in [6.45, 7) is 5.31. The van der Waals surface area contributed by atoms with Crippen molar-refractivity contribution in [2.45, 2.75) is 52.1 Å². The number of unbranched alkanes of at least 4 members (excludes halogenated alkanes) is 1. The number of nitrogens with zero attached hydrogens (tertiary/aromatic N) is 2. The standard InChI is InChI=1S/C13H23N2O6P/c1-13(2,3)21-11(17)9-7-6-8-10(16)12(15-14)22(18,19-4)20-5/h6-9H2,1-5H3. The Morgan fingerprint density at radius 2 is 1.59 bits per heavy atom. The molecule has 0 aliphatic rings. The molecule has 0 aromatic heterocycles. The molecule has 0 aromatic carbocycles. The third-order valence-electron chi connectivity index (χ3n) is 2.54. The van der Waals surface area contributed by atoms with Crippen LogP contribution in [0.5, 0.6) is 0 Å². The van der Waals surface area contributed by atoms with Gasteiger partial charge in [-0.1, -0.05) is 0 Å². The Bertz CT molecular complexity index is 497. The molecule has 9 heteroatoms. The van der Waals surface area contributed by atoms with E-state index in [1.807, 2.05) is 0 Å². The summed E-state index contributed by atoms with van der Waals surface area (Å²) in [6.07, 6.45) is 0.898. The predicted octanol–water partition coefficient (Wildman–Crippen LogP) is 2.57. The monoisotopic (exact) mass is 334 g/mol. The molecule has 0 aliphatic carbocycles. The van der Waals surface area contributed by atoms with E-state index in [4.69, 9.17) is 10.3 Å². The van der Waals surface area contributed by atoms with Crippen LogP contribution in [0.15, 0.2) is 0 Å². The summed E-state index contributed by atoms with van der Waals surface area (Å²) in [6, 6.07) is 0. The average molecular weight is 334 g/mol. The zero-order valence-electron chi connectivity index (χ0n) is 13.6. The molecule has 0 atom stereocenters. The molecule has 0 rings (SSSR count).